The smallest absolute Gasteiger partial charge is 0.139 e. The third-order valence-electron chi connectivity index (χ3n) is 3.37. The fourth-order valence-electron chi connectivity index (χ4n) is 2.13. The highest BCUT2D eigenvalue weighted by atomic mass is 35.5. The Morgan fingerprint density at radius 1 is 1.16 bits per heavy atom. The van der Waals surface area contributed by atoms with Crippen molar-refractivity contribution in [3.05, 3.63) is 28.2 Å². The summed E-state index contributed by atoms with van der Waals surface area (Å²) in [5, 5.41) is 1.27. The van der Waals surface area contributed by atoms with Gasteiger partial charge in [-0.2, -0.15) is 0 Å². The van der Waals surface area contributed by atoms with Gasteiger partial charge >= 0.3 is 0 Å². The van der Waals surface area contributed by atoms with Crippen LogP contribution in [0, 0.1) is 0 Å². The van der Waals surface area contributed by atoms with Crippen LogP contribution in [0.3, 0.4) is 0 Å². The zero-order chi connectivity index (χ0) is 13.7. The molecule has 106 valence electrons. The van der Waals surface area contributed by atoms with E-state index in [4.69, 9.17) is 27.9 Å². The van der Waals surface area contributed by atoms with Crippen molar-refractivity contribution in [1.82, 2.24) is 9.80 Å². The number of rotatable bonds is 5. The van der Waals surface area contributed by atoms with Gasteiger partial charge in [0.15, 0.2) is 0 Å². The summed E-state index contributed by atoms with van der Waals surface area (Å²) < 4.78 is 5.68. The largest absolute Gasteiger partial charge is 0.492 e. The second-order valence-corrected chi connectivity index (χ2v) is 5.77. The van der Waals surface area contributed by atoms with Gasteiger partial charge in [0.2, 0.25) is 0 Å². The van der Waals surface area contributed by atoms with E-state index in [0.717, 1.165) is 39.1 Å². The fraction of sp³-hybridized carbons (Fsp3) is 0.571. The van der Waals surface area contributed by atoms with Crippen LogP contribution in [0.2, 0.25) is 10.0 Å². The van der Waals surface area contributed by atoms with Gasteiger partial charge in [0.05, 0.1) is 11.6 Å². The van der Waals surface area contributed by atoms with E-state index in [-0.39, 0.29) is 0 Å². The lowest BCUT2D eigenvalue weighted by molar-refractivity contribution is 0.145. The van der Waals surface area contributed by atoms with Crippen molar-refractivity contribution in [2.75, 3.05) is 46.4 Å². The van der Waals surface area contributed by atoms with Gasteiger partial charge in [-0.3, -0.25) is 0 Å². The molecular formula is C14H20Cl2N2O. The Balaban J connectivity index is 1.68. The van der Waals surface area contributed by atoms with Gasteiger partial charge in [0, 0.05) is 43.8 Å². The second-order valence-electron chi connectivity index (χ2n) is 4.92. The minimum absolute atomic E-state index is 0.615. The average Bonchev–Trinajstić information content (AvgIpc) is 2.40. The van der Waals surface area contributed by atoms with Gasteiger partial charge in [0.1, 0.15) is 5.75 Å². The summed E-state index contributed by atoms with van der Waals surface area (Å²) in [7, 11) is 2.17. The van der Waals surface area contributed by atoms with Crippen LogP contribution in [-0.2, 0) is 0 Å². The minimum atomic E-state index is 0.615. The van der Waals surface area contributed by atoms with Crippen molar-refractivity contribution in [2.45, 2.75) is 6.42 Å². The van der Waals surface area contributed by atoms with Crippen LogP contribution in [0.4, 0.5) is 0 Å². The lowest BCUT2D eigenvalue weighted by atomic mass is 10.3. The molecule has 2 rings (SSSR count). The molecule has 3 nitrogen and oxygen atoms in total. The standard InChI is InChI=1S/C14H20Cl2N2O/c1-17-6-8-18(9-7-17)5-2-10-19-14-11-12(15)3-4-13(14)16/h3-4,11H,2,5-10H2,1H3. The Labute approximate surface area is 125 Å². The molecular weight excluding hydrogens is 283 g/mol. The molecule has 1 saturated heterocycles. The van der Waals surface area contributed by atoms with Gasteiger partial charge in [-0.25, -0.2) is 0 Å². The predicted octanol–water partition coefficient (Wildman–Crippen LogP) is 3.01. The maximum absolute atomic E-state index is 6.04. The van der Waals surface area contributed by atoms with Gasteiger partial charge < -0.3 is 14.5 Å². The van der Waals surface area contributed by atoms with Crippen LogP contribution >= 0.6 is 23.2 Å². The molecule has 0 unspecified atom stereocenters. The van der Waals surface area contributed by atoms with Crippen molar-refractivity contribution < 1.29 is 4.74 Å². The molecule has 1 aliphatic rings. The highest BCUT2D eigenvalue weighted by Gasteiger charge is 2.12. The number of hydrogen-bond acceptors (Lipinski definition) is 3. The van der Waals surface area contributed by atoms with Crippen LogP contribution in [0.15, 0.2) is 18.2 Å². The number of ether oxygens (including phenoxy) is 1. The molecule has 1 aromatic carbocycles. The molecule has 0 aliphatic carbocycles. The molecule has 0 spiro atoms. The number of piperazine rings is 1. The summed E-state index contributed by atoms with van der Waals surface area (Å²) in [5.74, 6) is 0.674. The first-order valence-corrected chi connectivity index (χ1v) is 7.39. The van der Waals surface area contributed by atoms with Crippen molar-refractivity contribution in [1.29, 1.82) is 0 Å². The molecule has 5 heteroatoms. The van der Waals surface area contributed by atoms with E-state index in [0.29, 0.717) is 22.4 Å². The molecule has 1 aliphatic heterocycles. The number of halogens is 2. The topological polar surface area (TPSA) is 15.7 Å². The molecule has 0 atom stereocenters. The number of likely N-dealkylation sites (N-methyl/N-ethyl adjacent to an activating group) is 1. The maximum Gasteiger partial charge on any atom is 0.139 e. The summed E-state index contributed by atoms with van der Waals surface area (Å²) in [6.45, 7) is 6.35. The molecule has 1 aromatic rings. The summed E-state index contributed by atoms with van der Waals surface area (Å²) in [6, 6.07) is 5.29. The summed E-state index contributed by atoms with van der Waals surface area (Å²) in [5.41, 5.74) is 0. The quantitative estimate of drug-likeness (QED) is 0.778. The van der Waals surface area contributed by atoms with Crippen molar-refractivity contribution in [2.24, 2.45) is 0 Å². The van der Waals surface area contributed by atoms with E-state index in [1.54, 1.807) is 18.2 Å². The van der Waals surface area contributed by atoms with Gasteiger partial charge in [-0.1, -0.05) is 23.2 Å². The molecule has 1 heterocycles. The second kappa shape index (κ2) is 7.34. The minimum Gasteiger partial charge on any atom is -0.492 e. The van der Waals surface area contributed by atoms with Gasteiger partial charge in [-0.05, 0) is 25.6 Å². The lowest BCUT2D eigenvalue weighted by Crippen LogP contribution is -2.44. The van der Waals surface area contributed by atoms with Crippen molar-refractivity contribution in [3.63, 3.8) is 0 Å². The Bertz CT molecular complexity index is 406. The van der Waals surface area contributed by atoms with Crippen molar-refractivity contribution >= 4 is 23.2 Å². The maximum atomic E-state index is 6.04. The first-order chi connectivity index (χ1) is 9.15. The van der Waals surface area contributed by atoms with Crippen LogP contribution in [-0.4, -0.2) is 56.2 Å². The molecule has 19 heavy (non-hydrogen) atoms. The van der Waals surface area contributed by atoms with Crippen molar-refractivity contribution in [3.8, 4) is 5.75 Å². The molecule has 1 fully saturated rings. The molecule has 0 aromatic heterocycles. The number of benzene rings is 1. The molecule has 0 saturated carbocycles. The summed E-state index contributed by atoms with van der Waals surface area (Å²) in [6.07, 6.45) is 1.01. The summed E-state index contributed by atoms with van der Waals surface area (Å²) >= 11 is 12.0. The van der Waals surface area contributed by atoms with Crippen LogP contribution in [0.25, 0.3) is 0 Å². The van der Waals surface area contributed by atoms with E-state index in [1.807, 2.05) is 0 Å². The van der Waals surface area contributed by atoms with Gasteiger partial charge in [-0.15, -0.1) is 0 Å². The van der Waals surface area contributed by atoms with E-state index in [1.165, 1.54) is 0 Å². The first-order valence-electron chi connectivity index (χ1n) is 6.64. The number of nitrogens with zero attached hydrogens (tertiary/aromatic N) is 2. The molecule has 0 radical (unpaired) electrons. The SMILES string of the molecule is CN1CCN(CCCOc2cc(Cl)ccc2Cl)CC1. The predicted molar refractivity (Wildman–Crippen MR) is 80.5 cm³/mol. The Hall–Kier alpha value is -0.480. The molecule has 0 amide bonds. The monoisotopic (exact) mass is 302 g/mol. The average molecular weight is 303 g/mol. The molecule has 0 bridgehead atoms. The fourth-order valence-corrected chi connectivity index (χ4v) is 2.46. The highest BCUT2D eigenvalue weighted by Crippen LogP contribution is 2.27. The molecule has 0 N–H and O–H groups in total. The Kier molecular flexibility index (Phi) is 5.76. The Morgan fingerprint density at radius 2 is 1.89 bits per heavy atom. The normalized spacial score (nSPS) is 17.6. The van der Waals surface area contributed by atoms with E-state index in [9.17, 15) is 0 Å². The van der Waals surface area contributed by atoms with Crippen LogP contribution in [0.1, 0.15) is 6.42 Å². The zero-order valence-electron chi connectivity index (χ0n) is 11.2. The lowest BCUT2D eigenvalue weighted by Gasteiger charge is -2.32. The third-order valence-corrected chi connectivity index (χ3v) is 3.91. The number of hydrogen-bond donors (Lipinski definition) is 0. The van der Waals surface area contributed by atoms with E-state index < -0.39 is 0 Å². The van der Waals surface area contributed by atoms with Crippen LogP contribution < -0.4 is 4.74 Å². The Morgan fingerprint density at radius 3 is 2.63 bits per heavy atom. The van der Waals surface area contributed by atoms with E-state index in [2.05, 4.69) is 16.8 Å². The zero-order valence-corrected chi connectivity index (χ0v) is 12.8. The third kappa shape index (κ3) is 4.84. The van der Waals surface area contributed by atoms with Crippen LogP contribution in [0.5, 0.6) is 5.75 Å². The van der Waals surface area contributed by atoms with Gasteiger partial charge in [0.25, 0.3) is 0 Å². The first kappa shape index (κ1) is 14.9. The highest BCUT2D eigenvalue weighted by molar-refractivity contribution is 6.34. The van der Waals surface area contributed by atoms with E-state index >= 15 is 0 Å². The summed E-state index contributed by atoms with van der Waals surface area (Å²) in [4.78, 5) is 4.84.